The molecule has 6 heteroatoms. The molecule has 1 amide bonds. The van der Waals surface area contributed by atoms with Crippen molar-refractivity contribution < 1.29 is 23.8 Å². The Labute approximate surface area is 171 Å². The van der Waals surface area contributed by atoms with Crippen LogP contribution in [0.5, 0.6) is 11.5 Å². The van der Waals surface area contributed by atoms with Crippen LogP contribution in [0.4, 0.5) is 5.69 Å². The summed E-state index contributed by atoms with van der Waals surface area (Å²) >= 11 is 0. The highest BCUT2D eigenvalue weighted by atomic mass is 16.5. The predicted molar refractivity (Wildman–Crippen MR) is 114 cm³/mol. The zero-order valence-corrected chi connectivity index (χ0v) is 17.7. The van der Waals surface area contributed by atoms with Crippen LogP contribution in [0, 0.1) is 0 Å². The summed E-state index contributed by atoms with van der Waals surface area (Å²) in [6.07, 6.45) is 3.12. The van der Waals surface area contributed by atoms with E-state index in [2.05, 4.69) is 26.1 Å². The molecule has 6 nitrogen and oxygen atoms in total. The van der Waals surface area contributed by atoms with Crippen LogP contribution in [-0.2, 0) is 14.9 Å². The normalized spacial score (nSPS) is 11.2. The fourth-order valence-electron chi connectivity index (χ4n) is 2.70. The quantitative estimate of drug-likeness (QED) is 0.576. The Balaban J connectivity index is 2.23. The van der Waals surface area contributed by atoms with Gasteiger partial charge in [-0.05, 0) is 22.6 Å². The van der Waals surface area contributed by atoms with Crippen molar-refractivity contribution in [3.05, 3.63) is 59.2 Å². The molecule has 0 saturated heterocycles. The number of anilines is 1. The van der Waals surface area contributed by atoms with Crippen molar-refractivity contribution in [2.75, 3.05) is 26.6 Å². The van der Waals surface area contributed by atoms with Gasteiger partial charge in [0.15, 0.2) is 11.5 Å². The summed E-state index contributed by atoms with van der Waals surface area (Å²) < 4.78 is 15.3. The maximum Gasteiger partial charge on any atom is 0.340 e. The number of methoxy groups -OCH3 is 3. The average molecular weight is 397 g/mol. The Morgan fingerprint density at radius 2 is 1.52 bits per heavy atom. The van der Waals surface area contributed by atoms with Crippen molar-refractivity contribution in [2.45, 2.75) is 26.2 Å². The zero-order valence-electron chi connectivity index (χ0n) is 17.7. The minimum absolute atomic E-state index is 0.0668. The number of amides is 1. The third kappa shape index (κ3) is 5.60. The van der Waals surface area contributed by atoms with E-state index in [1.54, 1.807) is 6.08 Å². The first-order chi connectivity index (χ1) is 13.7. The molecule has 0 heterocycles. The highest BCUT2D eigenvalue weighted by molar-refractivity contribution is 6.07. The van der Waals surface area contributed by atoms with Gasteiger partial charge in [-0.2, -0.15) is 0 Å². The van der Waals surface area contributed by atoms with Crippen molar-refractivity contribution in [2.24, 2.45) is 0 Å². The third-order valence-corrected chi connectivity index (χ3v) is 4.39. The summed E-state index contributed by atoms with van der Waals surface area (Å²) in [6.45, 7) is 6.44. The number of benzene rings is 2. The molecule has 0 bridgehead atoms. The van der Waals surface area contributed by atoms with Crippen LogP contribution in [0.25, 0.3) is 6.08 Å². The lowest BCUT2D eigenvalue weighted by Gasteiger charge is -2.18. The molecule has 0 aliphatic carbocycles. The fraction of sp³-hybridized carbons (Fsp3) is 0.304. The van der Waals surface area contributed by atoms with E-state index in [1.807, 2.05) is 24.3 Å². The third-order valence-electron chi connectivity index (χ3n) is 4.39. The van der Waals surface area contributed by atoms with E-state index in [0.29, 0.717) is 11.5 Å². The maximum absolute atomic E-state index is 12.4. The lowest BCUT2D eigenvalue weighted by atomic mass is 9.87. The molecule has 0 radical (unpaired) electrons. The van der Waals surface area contributed by atoms with Gasteiger partial charge in [0, 0.05) is 18.2 Å². The van der Waals surface area contributed by atoms with Crippen molar-refractivity contribution in [1.82, 2.24) is 0 Å². The lowest BCUT2D eigenvalue weighted by molar-refractivity contribution is -0.111. The van der Waals surface area contributed by atoms with Crippen molar-refractivity contribution in [3.63, 3.8) is 0 Å². The van der Waals surface area contributed by atoms with E-state index in [1.165, 1.54) is 45.1 Å². The van der Waals surface area contributed by atoms with E-state index in [0.717, 1.165) is 5.56 Å². The molecule has 1 N–H and O–H groups in total. The number of hydrogen-bond acceptors (Lipinski definition) is 5. The van der Waals surface area contributed by atoms with E-state index in [9.17, 15) is 9.59 Å². The lowest BCUT2D eigenvalue weighted by Crippen LogP contribution is -2.13. The van der Waals surface area contributed by atoms with Crippen LogP contribution in [0.2, 0.25) is 0 Å². The Bertz CT molecular complexity index is 908. The first-order valence-corrected chi connectivity index (χ1v) is 9.13. The van der Waals surface area contributed by atoms with Crippen LogP contribution in [0.1, 0.15) is 42.3 Å². The van der Waals surface area contributed by atoms with Gasteiger partial charge >= 0.3 is 5.97 Å². The molecule has 0 aliphatic rings. The van der Waals surface area contributed by atoms with Gasteiger partial charge in [0.2, 0.25) is 5.91 Å². The summed E-state index contributed by atoms with van der Waals surface area (Å²) in [4.78, 5) is 24.5. The number of nitrogens with one attached hydrogen (secondary N) is 1. The molecule has 2 rings (SSSR count). The van der Waals surface area contributed by atoms with Gasteiger partial charge in [0.25, 0.3) is 0 Å². The van der Waals surface area contributed by atoms with Gasteiger partial charge < -0.3 is 19.5 Å². The van der Waals surface area contributed by atoms with Gasteiger partial charge in [-0.15, -0.1) is 0 Å². The number of ether oxygens (including phenoxy) is 3. The zero-order chi connectivity index (χ0) is 21.6. The molecule has 0 fully saturated rings. The smallest absolute Gasteiger partial charge is 0.340 e. The number of carbonyl (C=O) groups is 2. The second-order valence-corrected chi connectivity index (χ2v) is 7.44. The fourth-order valence-corrected chi connectivity index (χ4v) is 2.70. The van der Waals surface area contributed by atoms with Crippen LogP contribution < -0.4 is 14.8 Å². The van der Waals surface area contributed by atoms with Crippen molar-refractivity contribution in [3.8, 4) is 11.5 Å². The largest absolute Gasteiger partial charge is 0.493 e. The molecule has 0 aromatic heterocycles. The first kappa shape index (κ1) is 22.0. The molecule has 0 atom stereocenters. The minimum atomic E-state index is -0.594. The summed E-state index contributed by atoms with van der Waals surface area (Å²) in [5, 5.41) is 2.70. The summed E-state index contributed by atoms with van der Waals surface area (Å²) in [7, 11) is 4.21. The highest BCUT2D eigenvalue weighted by Crippen LogP contribution is 2.33. The summed E-state index contributed by atoms with van der Waals surface area (Å²) in [5.41, 5.74) is 2.62. The Morgan fingerprint density at radius 3 is 2.03 bits per heavy atom. The van der Waals surface area contributed by atoms with Gasteiger partial charge in [-0.1, -0.05) is 45.0 Å². The van der Waals surface area contributed by atoms with Gasteiger partial charge in [0.1, 0.15) is 0 Å². The maximum atomic E-state index is 12.4. The van der Waals surface area contributed by atoms with E-state index in [4.69, 9.17) is 14.2 Å². The number of rotatable bonds is 6. The topological polar surface area (TPSA) is 73.9 Å². The minimum Gasteiger partial charge on any atom is -0.493 e. The van der Waals surface area contributed by atoms with Crippen molar-refractivity contribution in [1.29, 1.82) is 0 Å². The second-order valence-electron chi connectivity index (χ2n) is 7.44. The SMILES string of the molecule is COC(=O)c1cc(OC)c(OC)cc1NC(=O)/C=C/c1ccc(C(C)(C)C)cc1. The van der Waals surface area contributed by atoms with Crippen LogP contribution in [0.15, 0.2) is 42.5 Å². The molecular weight excluding hydrogens is 370 g/mol. The molecule has 0 saturated carbocycles. The second kappa shape index (κ2) is 9.28. The van der Waals surface area contributed by atoms with Gasteiger partial charge in [-0.25, -0.2) is 4.79 Å². The molecular formula is C23H27NO5. The number of carbonyl (C=O) groups excluding carboxylic acids is 2. The Hall–Kier alpha value is -3.28. The standard InChI is InChI=1S/C23H27NO5/c1-23(2,3)16-10-7-15(8-11-16)9-12-21(25)24-18-14-20(28-5)19(27-4)13-17(18)22(26)29-6/h7-14H,1-6H3,(H,24,25)/b12-9+. The Kier molecular flexibility index (Phi) is 7.04. The number of hydrogen-bond donors (Lipinski definition) is 1. The molecule has 0 spiro atoms. The van der Waals surface area contributed by atoms with E-state index in [-0.39, 0.29) is 22.6 Å². The van der Waals surface area contributed by atoms with Gasteiger partial charge in [-0.3, -0.25) is 4.79 Å². The molecule has 154 valence electrons. The van der Waals surface area contributed by atoms with Crippen LogP contribution in [0.3, 0.4) is 0 Å². The van der Waals surface area contributed by atoms with Crippen molar-refractivity contribution >= 4 is 23.6 Å². The monoisotopic (exact) mass is 397 g/mol. The van der Waals surface area contributed by atoms with E-state index < -0.39 is 5.97 Å². The summed E-state index contributed by atoms with van der Waals surface area (Å²) in [6, 6.07) is 11.0. The van der Waals surface area contributed by atoms with Gasteiger partial charge in [0.05, 0.1) is 32.6 Å². The van der Waals surface area contributed by atoms with Crippen LogP contribution in [-0.4, -0.2) is 33.2 Å². The Morgan fingerprint density at radius 1 is 0.931 bits per heavy atom. The molecule has 2 aromatic carbocycles. The average Bonchev–Trinajstić information content (AvgIpc) is 2.70. The number of esters is 1. The highest BCUT2D eigenvalue weighted by Gasteiger charge is 2.18. The molecule has 29 heavy (non-hydrogen) atoms. The molecule has 2 aromatic rings. The predicted octanol–water partition coefficient (Wildman–Crippen LogP) is 4.44. The molecule has 0 aliphatic heterocycles. The summed E-state index contributed by atoms with van der Waals surface area (Å²) in [5.74, 6) is -0.233. The molecule has 0 unspecified atom stereocenters. The van der Waals surface area contributed by atoms with Crippen LogP contribution >= 0.6 is 0 Å². The van der Waals surface area contributed by atoms with E-state index >= 15 is 0 Å². The first-order valence-electron chi connectivity index (χ1n) is 9.13.